The molecular weight excluding hydrogens is 326 g/mol. The van der Waals surface area contributed by atoms with E-state index >= 15 is 0 Å². The number of esters is 1. The molecule has 1 fully saturated rings. The Labute approximate surface area is 145 Å². The van der Waals surface area contributed by atoms with Crippen molar-refractivity contribution in [3.63, 3.8) is 0 Å². The largest absolute Gasteiger partial charge is 0.456 e. The maximum Gasteiger partial charge on any atom is 0.337 e. The van der Waals surface area contributed by atoms with Crippen molar-refractivity contribution in [1.29, 1.82) is 0 Å². The zero-order valence-electron chi connectivity index (χ0n) is 13.6. The number of nitrogens with zero attached hydrogens (tertiary/aromatic N) is 1. The predicted octanol–water partition coefficient (Wildman–Crippen LogP) is 3.69. The average molecular weight is 344 g/mol. The number of hydrogen-bond acceptors (Lipinski definition) is 4. The van der Waals surface area contributed by atoms with Gasteiger partial charge in [0, 0.05) is 23.1 Å². The van der Waals surface area contributed by atoms with Gasteiger partial charge in [0.2, 0.25) is 0 Å². The first-order valence-corrected chi connectivity index (χ1v) is 8.50. The first-order chi connectivity index (χ1) is 11.4. The van der Waals surface area contributed by atoms with E-state index < -0.39 is 5.92 Å². The van der Waals surface area contributed by atoms with Gasteiger partial charge in [0.25, 0.3) is 0 Å². The molecular formula is C19H18ClNO3. The van der Waals surface area contributed by atoms with Crippen LogP contribution < -0.4 is 0 Å². The topological polar surface area (TPSA) is 55.7 Å². The molecule has 3 aliphatic rings. The molecule has 1 aromatic carbocycles. The molecule has 1 saturated carbocycles. The van der Waals surface area contributed by atoms with Gasteiger partial charge in [0.05, 0.1) is 17.2 Å². The molecule has 124 valence electrons. The summed E-state index contributed by atoms with van der Waals surface area (Å²) < 4.78 is 5.21. The Bertz CT molecular complexity index is 822. The SMILES string of the molecule is CC1(C)CC(=O)C2C(=NC3=C(C(=O)OC3)C2c2ccccc2Cl)C1. The fourth-order valence-corrected chi connectivity index (χ4v) is 4.38. The number of fused-ring (bicyclic) bond motifs is 1. The molecule has 1 aromatic rings. The number of benzene rings is 1. The first-order valence-electron chi connectivity index (χ1n) is 8.12. The number of hydrogen-bond donors (Lipinski definition) is 0. The van der Waals surface area contributed by atoms with Crippen LogP contribution in [0.4, 0.5) is 0 Å². The maximum atomic E-state index is 12.9. The van der Waals surface area contributed by atoms with Gasteiger partial charge < -0.3 is 4.74 Å². The van der Waals surface area contributed by atoms with E-state index in [2.05, 4.69) is 18.8 Å². The molecule has 0 radical (unpaired) electrons. The van der Waals surface area contributed by atoms with Gasteiger partial charge in [-0.25, -0.2) is 4.79 Å². The lowest BCUT2D eigenvalue weighted by Crippen LogP contribution is -2.43. The van der Waals surface area contributed by atoms with Crippen molar-refractivity contribution in [1.82, 2.24) is 0 Å². The van der Waals surface area contributed by atoms with Crippen LogP contribution in [0.5, 0.6) is 0 Å². The molecule has 2 aliphatic heterocycles. The number of halogens is 1. The smallest absolute Gasteiger partial charge is 0.337 e. The highest BCUT2D eigenvalue weighted by Crippen LogP contribution is 2.49. The van der Waals surface area contributed by atoms with E-state index in [1.807, 2.05) is 18.2 Å². The highest BCUT2D eigenvalue weighted by molar-refractivity contribution is 6.31. The molecule has 5 heteroatoms. The Balaban J connectivity index is 1.91. The standard InChI is InChI=1S/C19H18ClNO3/c1-19(2)7-12-16(14(22)8-19)15(10-5-3-4-6-11(10)20)17-13(21-12)9-24-18(17)23/h3-6,15-16H,7-9H2,1-2H3. The summed E-state index contributed by atoms with van der Waals surface area (Å²) in [7, 11) is 0. The van der Waals surface area contributed by atoms with Crippen LogP contribution in [0.15, 0.2) is 40.5 Å². The van der Waals surface area contributed by atoms with E-state index in [9.17, 15) is 9.59 Å². The summed E-state index contributed by atoms with van der Waals surface area (Å²) in [6.45, 7) is 4.34. The zero-order chi connectivity index (χ0) is 17.1. The van der Waals surface area contributed by atoms with E-state index in [0.29, 0.717) is 22.7 Å². The lowest BCUT2D eigenvalue weighted by Gasteiger charge is -2.40. The van der Waals surface area contributed by atoms with Crippen LogP contribution in [-0.4, -0.2) is 24.1 Å². The molecule has 24 heavy (non-hydrogen) atoms. The minimum absolute atomic E-state index is 0.112. The number of ether oxygens (including phenoxy) is 1. The average Bonchev–Trinajstić information content (AvgIpc) is 2.86. The van der Waals surface area contributed by atoms with Gasteiger partial charge in [-0.15, -0.1) is 0 Å². The summed E-state index contributed by atoms with van der Waals surface area (Å²) >= 11 is 6.40. The minimum Gasteiger partial charge on any atom is -0.456 e. The minimum atomic E-state index is -0.415. The van der Waals surface area contributed by atoms with Crippen molar-refractivity contribution in [2.75, 3.05) is 6.61 Å². The molecule has 2 heterocycles. The van der Waals surface area contributed by atoms with Crippen LogP contribution in [0.3, 0.4) is 0 Å². The molecule has 0 N–H and O–H groups in total. The quantitative estimate of drug-likeness (QED) is 0.731. The van der Waals surface area contributed by atoms with Crippen LogP contribution in [0.2, 0.25) is 5.02 Å². The third-order valence-electron chi connectivity index (χ3n) is 5.05. The van der Waals surface area contributed by atoms with Crippen LogP contribution in [-0.2, 0) is 14.3 Å². The highest BCUT2D eigenvalue weighted by Gasteiger charge is 2.50. The summed E-state index contributed by atoms with van der Waals surface area (Å²) in [5.74, 6) is -1.06. The number of ketones is 1. The third kappa shape index (κ3) is 2.32. The molecule has 2 atom stereocenters. The van der Waals surface area contributed by atoms with Gasteiger partial charge in [-0.05, 0) is 23.5 Å². The van der Waals surface area contributed by atoms with Gasteiger partial charge in [0.15, 0.2) is 0 Å². The van der Waals surface area contributed by atoms with Gasteiger partial charge >= 0.3 is 5.97 Å². The zero-order valence-corrected chi connectivity index (χ0v) is 14.4. The number of carbonyl (C=O) groups is 2. The van der Waals surface area contributed by atoms with Gasteiger partial charge in [0.1, 0.15) is 12.4 Å². The maximum absolute atomic E-state index is 12.9. The Kier molecular flexibility index (Phi) is 3.43. The van der Waals surface area contributed by atoms with Crippen molar-refractivity contribution >= 4 is 29.1 Å². The van der Waals surface area contributed by atoms with Crippen molar-refractivity contribution in [3.05, 3.63) is 46.1 Å². The number of cyclic esters (lactones) is 1. The second kappa shape index (κ2) is 5.28. The summed E-state index contributed by atoms with van der Waals surface area (Å²) in [5, 5.41) is 0.563. The lowest BCUT2D eigenvalue weighted by molar-refractivity contribution is -0.136. The first kappa shape index (κ1) is 15.6. The van der Waals surface area contributed by atoms with Gasteiger partial charge in [-0.3, -0.25) is 9.79 Å². The fraction of sp³-hybridized carbons (Fsp3) is 0.421. The molecule has 0 spiro atoms. The van der Waals surface area contributed by atoms with E-state index in [0.717, 1.165) is 17.7 Å². The van der Waals surface area contributed by atoms with E-state index in [1.165, 1.54) is 0 Å². The van der Waals surface area contributed by atoms with Crippen molar-refractivity contribution in [2.24, 2.45) is 16.3 Å². The van der Waals surface area contributed by atoms with Gasteiger partial charge in [-0.2, -0.15) is 0 Å². The van der Waals surface area contributed by atoms with Crippen LogP contribution in [0.25, 0.3) is 0 Å². The normalized spacial score (nSPS) is 28.2. The number of aliphatic imine (C=N–C) groups is 1. The predicted molar refractivity (Wildman–Crippen MR) is 91.1 cm³/mol. The molecule has 1 aliphatic carbocycles. The van der Waals surface area contributed by atoms with Crippen molar-refractivity contribution < 1.29 is 14.3 Å². The number of Topliss-reactive ketones (excluding diaryl/α,β-unsaturated/α-hetero) is 1. The lowest BCUT2D eigenvalue weighted by atomic mass is 9.63. The van der Waals surface area contributed by atoms with Crippen molar-refractivity contribution in [3.8, 4) is 0 Å². The van der Waals surface area contributed by atoms with Gasteiger partial charge in [-0.1, -0.05) is 43.6 Å². The third-order valence-corrected chi connectivity index (χ3v) is 5.40. The molecule has 0 bridgehead atoms. The Morgan fingerprint density at radius 2 is 1.92 bits per heavy atom. The fourth-order valence-electron chi connectivity index (χ4n) is 4.13. The van der Waals surface area contributed by atoms with E-state index in [-0.39, 0.29) is 29.7 Å². The summed E-state index contributed by atoms with van der Waals surface area (Å²) in [6, 6.07) is 7.40. The van der Waals surface area contributed by atoms with E-state index in [1.54, 1.807) is 6.07 Å². The Hall–Kier alpha value is -1.94. The van der Waals surface area contributed by atoms with Crippen LogP contribution in [0.1, 0.15) is 38.2 Å². The molecule has 4 nitrogen and oxygen atoms in total. The molecule has 0 amide bonds. The van der Waals surface area contributed by atoms with E-state index in [4.69, 9.17) is 16.3 Å². The molecule has 2 unspecified atom stereocenters. The summed E-state index contributed by atoms with van der Waals surface area (Å²) in [4.78, 5) is 29.9. The number of rotatable bonds is 1. The van der Waals surface area contributed by atoms with Crippen LogP contribution in [0, 0.1) is 11.3 Å². The monoisotopic (exact) mass is 343 g/mol. The number of carbonyl (C=O) groups excluding carboxylic acids is 2. The molecule has 0 saturated heterocycles. The Morgan fingerprint density at radius 3 is 2.67 bits per heavy atom. The second-order valence-corrected chi connectivity index (χ2v) is 7.91. The summed E-state index contributed by atoms with van der Waals surface area (Å²) in [5.41, 5.74) is 2.71. The molecule has 0 aromatic heterocycles. The molecule has 4 rings (SSSR count). The second-order valence-electron chi connectivity index (χ2n) is 7.50. The summed E-state index contributed by atoms with van der Waals surface area (Å²) in [6.07, 6.45) is 1.23. The Morgan fingerprint density at radius 1 is 1.17 bits per heavy atom. The van der Waals surface area contributed by atoms with Crippen molar-refractivity contribution in [2.45, 2.75) is 32.6 Å². The highest BCUT2D eigenvalue weighted by atomic mass is 35.5. The van der Waals surface area contributed by atoms with Crippen LogP contribution >= 0.6 is 11.6 Å².